The van der Waals surface area contributed by atoms with Gasteiger partial charge in [-0.25, -0.2) is 4.79 Å². The second-order valence-corrected chi connectivity index (χ2v) is 7.46. The van der Waals surface area contributed by atoms with Gasteiger partial charge in [-0.05, 0) is 26.3 Å². The molecule has 130 valence electrons. The first-order chi connectivity index (χ1) is 11.3. The van der Waals surface area contributed by atoms with Crippen LogP contribution in [0.4, 0.5) is 4.79 Å². The number of ether oxygens (including phenoxy) is 2. The molecule has 0 radical (unpaired) electrons. The summed E-state index contributed by atoms with van der Waals surface area (Å²) in [7, 11) is 0. The summed E-state index contributed by atoms with van der Waals surface area (Å²) < 4.78 is 10.8. The second-order valence-electron chi connectivity index (χ2n) is 7.46. The monoisotopic (exact) mass is 332 g/mol. The van der Waals surface area contributed by atoms with Gasteiger partial charge >= 0.3 is 12.1 Å². The van der Waals surface area contributed by atoms with Crippen LogP contribution in [0.2, 0.25) is 0 Å². The van der Waals surface area contributed by atoms with Crippen LogP contribution in [0, 0.1) is 11.3 Å². The number of fused-ring (bicyclic) bond motifs is 1. The van der Waals surface area contributed by atoms with Gasteiger partial charge < -0.3 is 20.1 Å². The van der Waals surface area contributed by atoms with Crippen LogP contribution in [0.5, 0.6) is 0 Å². The van der Waals surface area contributed by atoms with Crippen molar-refractivity contribution in [3.8, 4) is 0 Å². The third kappa shape index (κ3) is 3.24. The Morgan fingerprint density at radius 1 is 1.29 bits per heavy atom. The zero-order valence-electron chi connectivity index (χ0n) is 14.3. The third-order valence-electron chi connectivity index (χ3n) is 4.56. The van der Waals surface area contributed by atoms with E-state index in [0.29, 0.717) is 13.1 Å². The highest BCUT2D eigenvalue weighted by Gasteiger charge is 2.73. The van der Waals surface area contributed by atoms with Gasteiger partial charge in [0.15, 0.2) is 0 Å². The maximum Gasteiger partial charge on any atom is 0.407 e. The maximum absolute atomic E-state index is 12.6. The molecule has 2 fully saturated rings. The van der Waals surface area contributed by atoms with E-state index in [1.54, 1.807) is 0 Å². The zero-order chi connectivity index (χ0) is 17.4. The highest BCUT2D eigenvalue weighted by atomic mass is 16.6. The van der Waals surface area contributed by atoms with Crippen LogP contribution in [-0.4, -0.2) is 36.8 Å². The molecule has 1 amide bonds. The van der Waals surface area contributed by atoms with Crippen LogP contribution >= 0.6 is 0 Å². The number of benzene rings is 1. The molecule has 2 aliphatic rings. The van der Waals surface area contributed by atoms with Crippen molar-refractivity contribution in [3.63, 3.8) is 0 Å². The molecule has 24 heavy (non-hydrogen) atoms. The van der Waals surface area contributed by atoms with Crippen molar-refractivity contribution in [1.29, 1.82) is 0 Å². The lowest BCUT2D eigenvalue weighted by Crippen LogP contribution is -2.41. The topological polar surface area (TPSA) is 76.7 Å². The van der Waals surface area contributed by atoms with E-state index in [1.165, 1.54) is 0 Å². The SMILES string of the molecule is CC(C)(C)OC(=O)NC1C2CNCC21C(=O)OCc1ccccc1. The molecule has 0 bridgehead atoms. The zero-order valence-corrected chi connectivity index (χ0v) is 14.3. The average Bonchev–Trinajstić information content (AvgIpc) is 2.91. The lowest BCUT2D eigenvalue weighted by molar-refractivity contribution is -0.151. The van der Waals surface area contributed by atoms with Crippen LogP contribution in [0.3, 0.4) is 0 Å². The minimum absolute atomic E-state index is 0.0632. The predicted molar refractivity (Wildman–Crippen MR) is 88.2 cm³/mol. The van der Waals surface area contributed by atoms with Crippen LogP contribution in [0.15, 0.2) is 30.3 Å². The minimum atomic E-state index is -0.661. The predicted octanol–water partition coefficient (Wildman–Crippen LogP) is 1.84. The lowest BCUT2D eigenvalue weighted by Gasteiger charge is -2.21. The molecule has 0 spiro atoms. The Morgan fingerprint density at radius 3 is 2.67 bits per heavy atom. The second kappa shape index (κ2) is 6.09. The number of nitrogens with one attached hydrogen (secondary N) is 2. The Balaban J connectivity index is 1.59. The van der Waals surface area contributed by atoms with Crippen molar-refractivity contribution in [3.05, 3.63) is 35.9 Å². The van der Waals surface area contributed by atoms with E-state index in [-0.39, 0.29) is 24.5 Å². The number of carbonyl (C=O) groups excluding carboxylic acids is 2. The number of rotatable bonds is 4. The van der Waals surface area contributed by atoms with Crippen LogP contribution in [0.25, 0.3) is 0 Å². The highest BCUT2D eigenvalue weighted by Crippen LogP contribution is 2.56. The molecule has 1 aromatic carbocycles. The van der Waals surface area contributed by atoms with Crippen molar-refractivity contribution in [2.45, 2.75) is 39.0 Å². The van der Waals surface area contributed by atoms with Gasteiger partial charge in [-0.1, -0.05) is 30.3 Å². The largest absolute Gasteiger partial charge is 0.460 e. The van der Waals surface area contributed by atoms with Gasteiger partial charge in [0, 0.05) is 19.0 Å². The van der Waals surface area contributed by atoms with Gasteiger partial charge in [0.05, 0.1) is 6.04 Å². The minimum Gasteiger partial charge on any atom is -0.460 e. The average molecular weight is 332 g/mol. The number of piperidine rings is 1. The molecule has 1 aromatic rings. The van der Waals surface area contributed by atoms with E-state index >= 15 is 0 Å². The third-order valence-corrected chi connectivity index (χ3v) is 4.56. The lowest BCUT2D eigenvalue weighted by atomic mass is 10.1. The summed E-state index contributed by atoms with van der Waals surface area (Å²) in [4.78, 5) is 24.6. The Labute approximate surface area is 141 Å². The van der Waals surface area contributed by atoms with Crippen LogP contribution in [-0.2, 0) is 20.9 Å². The van der Waals surface area contributed by atoms with Crippen molar-refractivity contribution >= 4 is 12.1 Å². The molecule has 3 rings (SSSR count). The fourth-order valence-electron chi connectivity index (χ4n) is 3.37. The first-order valence-corrected chi connectivity index (χ1v) is 8.24. The van der Waals surface area contributed by atoms with E-state index in [2.05, 4.69) is 10.6 Å². The van der Waals surface area contributed by atoms with Crippen molar-refractivity contribution in [2.75, 3.05) is 13.1 Å². The first-order valence-electron chi connectivity index (χ1n) is 8.24. The van der Waals surface area contributed by atoms with E-state index in [9.17, 15) is 9.59 Å². The molecule has 6 heteroatoms. The number of carbonyl (C=O) groups is 2. The number of hydrogen-bond donors (Lipinski definition) is 2. The molecule has 1 saturated carbocycles. The highest BCUT2D eigenvalue weighted by molar-refractivity contribution is 5.85. The molecule has 2 N–H and O–H groups in total. The van der Waals surface area contributed by atoms with Gasteiger partial charge in [-0.15, -0.1) is 0 Å². The van der Waals surface area contributed by atoms with Gasteiger partial charge in [-0.3, -0.25) is 4.79 Å². The van der Waals surface area contributed by atoms with Gasteiger partial charge in [-0.2, -0.15) is 0 Å². The van der Waals surface area contributed by atoms with Crippen molar-refractivity contribution < 1.29 is 19.1 Å². The summed E-state index contributed by atoms with van der Waals surface area (Å²) in [6, 6.07) is 9.34. The fourth-order valence-corrected chi connectivity index (χ4v) is 3.37. The van der Waals surface area contributed by atoms with Crippen LogP contribution in [0.1, 0.15) is 26.3 Å². The summed E-state index contributed by atoms with van der Waals surface area (Å²) in [5.74, 6) is -0.198. The Bertz CT molecular complexity index is 626. The number of amides is 1. The van der Waals surface area contributed by atoms with Crippen LogP contribution < -0.4 is 10.6 Å². The molecule has 1 aliphatic heterocycles. The molecular weight excluding hydrogens is 308 g/mol. The van der Waals surface area contributed by atoms with E-state index < -0.39 is 17.1 Å². The van der Waals surface area contributed by atoms with Gasteiger partial charge in [0.2, 0.25) is 0 Å². The summed E-state index contributed by atoms with van der Waals surface area (Å²) in [5, 5.41) is 6.03. The summed E-state index contributed by atoms with van der Waals surface area (Å²) in [5.41, 5.74) is -0.277. The summed E-state index contributed by atoms with van der Waals surface area (Å²) in [6.45, 7) is 6.89. The Morgan fingerprint density at radius 2 is 2.00 bits per heavy atom. The quantitative estimate of drug-likeness (QED) is 0.823. The Kier molecular flexibility index (Phi) is 4.25. The molecule has 1 saturated heterocycles. The van der Waals surface area contributed by atoms with E-state index in [1.807, 2.05) is 51.1 Å². The molecule has 1 heterocycles. The molecule has 0 aromatic heterocycles. The van der Waals surface area contributed by atoms with E-state index in [4.69, 9.17) is 9.47 Å². The normalized spacial score (nSPS) is 28.0. The molecule has 3 atom stereocenters. The number of alkyl carbamates (subject to hydrolysis) is 1. The molecule has 3 unspecified atom stereocenters. The molecule has 6 nitrogen and oxygen atoms in total. The van der Waals surface area contributed by atoms with Gasteiger partial charge in [0.1, 0.15) is 17.6 Å². The summed E-state index contributed by atoms with van der Waals surface area (Å²) in [6.07, 6.45) is -0.489. The standard InChI is InChI=1S/C18H24N2O4/c1-17(2,3)24-16(22)20-14-13-9-19-11-18(13,14)15(21)23-10-12-7-5-4-6-8-12/h4-8,13-14,19H,9-11H2,1-3H3,(H,20,22). The number of hydrogen-bond acceptors (Lipinski definition) is 5. The van der Waals surface area contributed by atoms with Gasteiger partial charge in [0.25, 0.3) is 0 Å². The maximum atomic E-state index is 12.6. The molecular formula is C18H24N2O4. The van der Waals surface area contributed by atoms with Crippen molar-refractivity contribution in [1.82, 2.24) is 10.6 Å². The Hall–Kier alpha value is -2.08. The first kappa shape index (κ1) is 16.8. The van der Waals surface area contributed by atoms with E-state index in [0.717, 1.165) is 5.56 Å². The molecule has 1 aliphatic carbocycles. The smallest absolute Gasteiger partial charge is 0.407 e. The van der Waals surface area contributed by atoms with Crippen molar-refractivity contribution in [2.24, 2.45) is 11.3 Å². The summed E-state index contributed by atoms with van der Waals surface area (Å²) >= 11 is 0. The fraction of sp³-hybridized carbons (Fsp3) is 0.556. The number of esters is 1.